The van der Waals surface area contributed by atoms with Gasteiger partial charge in [-0.25, -0.2) is 8.78 Å². The Labute approximate surface area is 124 Å². The van der Waals surface area contributed by atoms with Gasteiger partial charge in [-0.15, -0.1) is 0 Å². The average Bonchev–Trinajstić information content (AvgIpc) is 3.24. The van der Waals surface area contributed by atoms with Crippen molar-refractivity contribution in [2.24, 2.45) is 5.73 Å². The van der Waals surface area contributed by atoms with Crippen LogP contribution in [0.3, 0.4) is 0 Å². The highest BCUT2D eigenvalue weighted by molar-refractivity contribution is 7.80. The zero-order chi connectivity index (χ0) is 15.7. The molecular weight excluding hydrogens is 305 g/mol. The van der Waals surface area contributed by atoms with Crippen LogP contribution in [-0.2, 0) is 0 Å². The van der Waals surface area contributed by atoms with Gasteiger partial charge in [0, 0.05) is 19.0 Å². The van der Waals surface area contributed by atoms with E-state index >= 15 is 0 Å². The van der Waals surface area contributed by atoms with E-state index in [4.69, 9.17) is 23.1 Å². The van der Waals surface area contributed by atoms with E-state index in [1.165, 1.54) is 4.90 Å². The van der Waals surface area contributed by atoms with Crippen LogP contribution in [0, 0.1) is 17.5 Å². The van der Waals surface area contributed by atoms with E-state index < -0.39 is 34.7 Å². The van der Waals surface area contributed by atoms with E-state index in [9.17, 15) is 18.0 Å². The van der Waals surface area contributed by atoms with Crippen LogP contribution in [0.1, 0.15) is 29.6 Å². The van der Waals surface area contributed by atoms with Crippen molar-refractivity contribution >= 4 is 23.1 Å². The number of rotatable bonds is 5. The Bertz CT molecular complexity index is 606. The zero-order valence-electron chi connectivity index (χ0n) is 10.9. The first kappa shape index (κ1) is 15.6. The van der Waals surface area contributed by atoms with Crippen molar-refractivity contribution in [1.29, 1.82) is 0 Å². The molecule has 0 aliphatic heterocycles. The molecule has 1 amide bonds. The highest BCUT2D eigenvalue weighted by Gasteiger charge is 2.35. The molecule has 2 rings (SSSR count). The summed E-state index contributed by atoms with van der Waals surface area (Å²) in [5.74, 6) is -6.99. The van der Waals surface area contributed by atoms with E-state index in [0.29, 0.717) is 6.07 Å². The minimum atomic E-state index is -1.72. The van der Waals surface area contributed by atoms with Crippen molar-refractivity contribution in [3.63, 3.8) is 0 Å². The van der Waals surface area contributed by atoms with Gasteiger partial charge in [0.15, 0.2) is 17.4 Å². The van der Waals surface area contributed by atoms with Crippen LogP contribution in [-0.4, -0.2) is 33.5 Å². The molecule has 114 valence electrons. The Morgan fingerprint density at radius 2 is 2.00 bits per heavy atom. The lowest BCUT2D eigenvalue weighted by molar-refractivity contribution is 0.0741. The third kappa shape index (κ3) is 3.26. The summed E-state index contributed by atoms with van der Waals surface area (Å²) in [5.41, 5.74) is 4.66. The highest BCUT2D eigenvalue weighted by Crippen LogP contribution is 2.31. The summed E-state index contributed by atoms with van der Waals surface area (Å²) in [4.78, 5) is 13.8. The molecule has 1 fully saturated rings. The Hall–Kier alpha value is -1.83. The molecule has 0 atom stereocenters. The molecule has 4 nitrogen and oxygen atoms in total. The highest BCUT2D eigenvalue weighted by atomic mass is 32.1. The largest absolute Gasteiger partial charge is 0.503 e. The first-order valence-electron chi connectivity index (χ1n) is 6.28. The van der Waals surface area contributed by atoms with E-state index in [0.717, 1.165) is 12.8 Å². The van der Waals surface area contributed by atoms with Crippen LogP contribution >= 0.6 is 12.2 Å². The minimum Gasteiger partial charge on any atom is -0.503 e. The number of nitrogens with zero attached hydrogens (tertiary/aromatic N) is 1. The molecule has 0 unspecified atom stereocenters. The van der Waals surface area contributed by atoms with Gasteiger partial charge in [-0.2, -0.15) is 4.39 Å². The maximum absolute atomic E-state index is 13.8. The summed E-state index contributed by atoms with van der Waals surface area (Å²) >= 11 is 4.72. The van der Waals surface area contributed by atoms with Crippen molar-refractivity contribution in [2.45, 2.75) is 25.3 Å². The van der Waals surface area contributed by atoms with Crippen LogP contribution in [0.4, 0.5) is 13.2 Å². The summed E-state index contributed by atoms with van der Waals surface area (Å²) in [7, 11) is 0. The van der Waals surface area contributed by atoms with E-state index in [1.807, 2.05) is 0 Å². The molecule has 0 radical (unpaired) electrons. The number of hydrogen-bond donors (Lipinski definition) is 2. The predicted octanol–water partition coefficient (Wildman–Crippen LogP) is 2.09. The van der Waals surface area contributed by atoms with E-state index in [-0.39, 0.29) is 24.0 Å². The number of halogens is 3. The maximum atomic E-state index is 13.8. The van der Waals surface area contributed by atoms with E-state index in [2.05, 4.69) is 0 Å². The maximum Gasteiger partial charge on any atom is 0.257 e. The molecular formula is C13H13F3N2O2S. The summed E-state index contributed by atoms with van der Waals surface area (Å²) in [6.45, 7) is 0.165. The molecule has 8 heteroatoms. The van der Waals surface area contributed by atoms with Crippen molar-refractivity contribution in [3.05, 3.63) is 29.1 Å². The Balaban J connectivity index is 2.31. The van der Waals surface area contributed by atoms with Gasteiger partial charge < -0.3 is 15.7 Å². The fraction of sp³-hybridized carbons (Fsp3) is 0.385. The molecule has 1 saturated carbocycles. The fourth-order valence-electron chi connectivity index (χ4n) is 1.97. The van der Waals surface area contributed by atoms with Gasteiger partial charge in [-0.1, -0.05) is 12.2 Å². The van der Waals surface area contributed by atoms with Crippen LogP contribution in [0.25, 0.3) is 0 Å². The molecule has 1 aliphatic rings. The number of amides is 1. The van der Waals surface area contributed by atoms with Crippen molar-refractivity contribution in [2.75, 3.05) is 6.54 Å². The van der Waals surface area contributed by atoms with Gasteiger partial charge in [0.2, 0.25) is 5.82 Å². The molecule has 0 saturated heterocycles. The SMILES string of the molecule is NC(=S)CCN(C(=O)c1cc(F)c(F)c(O)c1F)C1CC1. The molecule has 0 bridgehead atoms. The monoisotopic (exact) mass is 318 g/mol. The molecule has 1 aromatic rings. The second-order valence-electron chi connectivity index (χ2n) is 4.83. The van der Waals surface area contributed by atoms with Gasteiger partial charge >= 0.3 is 0 Å². The molecule has 0 spiro atoms. The number of nitrogens with two attached hydrogens (primary N) is 1. The quantitative estimate of drug-likeness (QED) is 0.644. The molecule has 1 aliphatic carbocycles. The smallest absolute Gasteiger partial charge is 0.257 e. The third-order valence-electron chi connectivity index (χ3n) is 3.21. The second-order valence-corrected chi connectivity index (χ2v) is 5.35. The van der Waals surface area contributed by atoms with Crippen molar-refractivity contribution in [3.8, 4) is 5.75 Å². The number of aromatic hydroxyl groups is 1. The topological polar surface area (TPSA) is 66.6 Å². The number of benzene rings is 1. The first-order valence-corrected chi connectivity index (χ1v) is 6.69. The summed E-state index contributed by atoms with van der Waals surface area (Å²) < 4.78 is 40.1. The lowest BCUT2D eigenvalue weighted by atomic mass is 10.1. The number of carbonyl (C=O) groups excluding carboxylic acids is 1. The molecule has 0 heterocycles. The molecule has 3 N–H and O–H groups in total. The molecule has 21 heavy (non-hydrogen) atoms. The van der Waals surface area contributed by atoms with Gasteiger partial charge in [0.25, 0.3) is 5.91 Å². The summed E-state index contributed by atoms with van der Waals surface area (Å²) in [6, 6.07) is 0.351. The van der Waals surface area contributed by atoms with Crippen LogP contribution in [0.2, 0.25) is 0 Å². The normalized spacial score (nSPS) is 14.0. The van der Waals surface area contributed by atoms with E-state index in [1.54, 1.807) is 0 Å². The van der Waals surface area contributed by atoms with Crippen molar-refractivity contribution < 1.29 is 23.1 Å². The number of phenolic OH excluding ortho intramolecular Hbond substituents is 1. The van der Waals surface area contributed by atoms with Crippen molar-refractivity contribution in [1.82, 2.24) is 4.90 Å². The number of hydrogen-bond acceptors (Lipinski definition) is 3. The molecule has 1 aromatic carbocycles. The van der Waals surface area contributed by atoms with Gasteiger partial charge in [-0.3, -0.25) is 4.79 Å². The Kier molecular flexibility index (Phi) is 4.36. The van der Waals surface area contributed by atoms with Crippen LogP contribution < -0.4 is 5.73 Å². The van der Waals surface area contributed by atoms with Crippen LogP contribution in [0.15, 0.2) is 6.07 Å². The first-order chi connectivity index (χ1) is 9.82. The predicted molar refractivity (Wildman–Crippen MR) is 73.4 cm³/mol. The average molecular weight is 318 g/mol. The minimum absolute atomic E-state index is 0.0958. The zero-order valence-corrected chi connectivity index (χ0v) is 11.7. The van der Waals surface area contributed by atoms with Gasteiger partial charge in [0.1, 0.15) is 0 Å². The molecule has 0 aromatic heterocycles. The van der Waals surface area contributed by atoms with Crippen LogP contribution in [0.5, 0.6) is 5.75 Å². The number of phenols is 1. The lowest BCUT2D eigenvalue weighted by Crippen LogP contribution is -2.36. The standard InChI is InChI=1S/C13H13F3N2O2S/c14-8-5-7(10(15)12(19)11(8)16)13(20)18(6-1-2-6)4-3-9(17)21/h5-6,19H,1-4H2,(H2,17,21). The second kappa shape index (κ2) is 5.88. The third-order valence-corrected chi connectivity index (χ3v) is 3.42. The number of carbonyl (C=O) groups is 1. The number of thiocarbonyl (C=S) groups is 1. The Morgan fingerprint density at radius 3 is 2.52 bits per heavy atom. The van der Waals surface area contributed by atoms with Gasteiger partial charge in [0.05, 0.1) is 10.6 Å². The Morgan fingerprint density at radius 1 is 1.38 bits per heavy atom. The summed E-state index contributed by atoms with van der Waals surface area (Å²) in [5, 5.41) is 9.17. The van der Waals surface area contributed by atoms with Gasteiger partial charge in [-0.05, 0) is 18.9 Å². The summed E-state index contributed by atoms with van der Waals surface area (Å²) in [6.07, 6.45) is 1.72. The lowest BCUT2D eigenvalue weighted by Gasteiger charge is -2.22. The fourth-order valence-corrected chi connectivity index (χ4v) is 2.06.